The number of imidazole rings is 1. The highest BCUT2D eigenvalue weighted by atomic mass is 16.3. The maximum atomic E-state index is 12.6. The summed E-state index contributed by atoms with van der Waals surface area (Å²) >= 11 is 0. The summed E-state index contributed by atoms with van der Waals surface area (Å²) < 4.78 is 7.53. The summed E-state index contributed by atoms with van der Waals surface area (Å²) in [5.41, 5.74) is 3.56. The second kappa shape index (κ2) is 7.92. The number of hydrogen-bond donors (Lipinski definition) is 2. The maximum Gasteiger partial charge on any atom is 0.276 e. The van der Waals surface area contributed by atoms with E-state index in [-0.39, 0.29) is 5.91 Å². The molecule has 0 aliphatic rings. The van der Waals surface area contributed by atoms with Crippen molar-refractivity contribution in [3.05, 3.63) is 54.2 Å². The molecule has 3 heterocycles. The van der Waals surface area contributed by atoms with Crippen LogP contribution in [0.15, 0.2) is 47.1 Å². The van der Waals surface area contributed by atoms with E-state index >= 15 is 0 Å². The van der Waals surface area contributed by atoms with Crippen LogP contribution in [0.3, 0.4) is 0 Å². The first kappa shape index (κ1) is 18.9. The molecule has 0 atom stereocenters. The number of H-pyrrole nitrogens is 1. The molecule has 0 saturated heterocycles. The number of nitrogens with zero attached hydrogens (tertiary/aromatic N) is 4. The number of fused-ring (bicyclic) bond motifs is 1. The lowest BCUT2D eigenvalue weighted by Gasteiger charge is -2.11. The third-order valence-electron chi connectivity index (χ3n) is 4.78. The number of rotatable bonds is 7. The predicted octanol–water partition coefficient (Wildman–Crippen LogP) is 3.53. The topological polar surface area (TPSA) is 92.0 Å². The highest BCUT2D eigenvalue weighted by Gasteiger charge is 2.14. The largest absolute Gasteiger partial charge is 0.463 e. The summed E-state index contributed by atoms with van der Waals surface area (Å²) in [6.07, 6.45) is 2.63. The SMILES string of the molecule is Cc1nc2cc(NC(=O)c3cc(-c4ccco4)[nH]n3)ccc2n1CCCN(C)C. The molecule has 0 bridgehead atoms. The molecule has 0 unspecified atom stereocenters. The Morgan fingerprint density at radius 3 is 2.90 bits per heavy atom. The monoisotopic (exact) mass is 392 g/mol. The van der Waals surface area contributed by atoms with Gasteiger partial charge in [0.15, 0.2) is 11.5 Å². The van der Waals surface area contributed by atoms with Crippen molar-refractivity contribution in [2.45, 2.75) is 19.9 Å². The Balaban J connectivity index is 1.49. The summed E-state index contributed by atoms with van der Waals surface area (Å²) in [7, 11) is 4.15. The molecule has 0 aliphatic heterocycles. The zero-order valence-electron chi connectivity index (χ0n) is 16.8. The van der Waals surface area contributed by atoms with Crippen molar-refractivity contribution in [3.63, 3.8) is 0 Å². The number of amides is 1. The van der Waals surface area contributed by atoms with Gasteiger partial charge in [-0.05, 0) is 64.3 Å². The van der Waals surface area contributed by atoms with E-state index in [2.05, 4.69) is 44.1 Å². The summed E-state index contributed by atoms with van der Waals surface area (Å²) in [4.78, 5) is 19.4. The number of nitrogens with one attached hydrogen (secondary N) is 2. The quantitative estimate of drug-likeness (QED) is 0.502. The molecule has 8 heteroatoms. The third kappa shape index (κ3) is 4.07. The van der Waals surface area contributed by atoms with Crippen molar-refractivity contribution in [2.24, 2.45) is 0 Å². The molecule has 3 aromatic heterocycles. The number of aryl methyl sites for hydroxylation is 2. The van der Waals surface area contributed by atoms with Crippen LogP contribution in [0.1, 0.15) is 22.7 Å². The highest BCUT2D eigenvalue weighted by molar-refractivity contribution is 6.04. The minimum Gasteiger partial charge on any atom is -0.463 e. The van der Waals surface area contributed by atoms with Gasteiger partial charge < -0.3 is 19.2 Å². The fraction of sp³-hybridized carbons (Fsp3) is 0.286. The van der Waals surface area contributed by atoms with E-state index in [9.17, 15) is 4.79 Å². The standard InChI is InChI=1S/C21H24N6O2/c1-14-22-16-12-15(7-8-19(16)27(14)10-5-9-26(2)3)23-21(28)18-13-17(24-25-18)20-6-4-11-29-20/h4,6-8,11-13H,5,9-10H2,1-3H3,(H,23,28)(H,24,25). The summed E-state index contributed by atoms with van der Waals surface area (Å²) in [6.45, 7) is 3.94. The van der Waals surface area contributed by atoms with E-state index in [0.717, 1.165) is 36.4 Å². The molecule has 2 N–H and O–H groups in total. The Bertz CT molecular complexity index is 1120. The Morgan fingerprint density at radius 2 is 2.14 bits per heavy atom. The fourth-order valence-electron chi connectivity index (χ4n) is 3.35. The van der Waals surface area contributed by atoms with Gasteiger partial charge in [-0.3, -0.25) is 9.89 Å². The van der Waals surface area contributed by atoms with Crippen LogP contribution in [0.2, 0.25) is 0 Å². The summed E-state index contributed by atoms with van der Waals surface area (Å²) in [5.74, 6) is 1.31. The van der Waals surface area contributed by atoms with Gasteiger partial charge in [0.25, 0.3) is 5.91 Å². The van der Waals surface area contributed by atoms with Gasteiger partial charge in [0.2, 0.25) is 0 Å². The molecule has 4 rings (SSSR count). The smallest absolute Gasteiger partial charge is 0.276 e. The molecular formula is C21H24N6O2. The van der Waals surface area contributed by atoms with Gasteiger partial charge in [0, 0.05) is 18.3 Å². The first-order valence-electron chi connectivity index (χ1n) is 9.53. The number of carbonyl (C=O) groups is 1. The number of benzene rings is 1. The van der Waals surface area contributed by atoms with E-state index in [4.69, 9.17) is 4.42 Å². The van der Waals surface area contributed by atoms with Crippen molar-refractivity contribution < 1.29 is 9.21 Å². The van der Waals surface area contributed by atoms with Gasteiger partial charge in [0.05, 0.1) is 17.3 Å². The van der Waals surface area contributed by atoms with Crippen molar-refractivity contribution >= 4 is 22.6 Å². The van der Waals surface area contributed by atoms with Gasteiger partial charge in [-0.15, -0.1) is 0 Å². The lowest BCUT2D eigenvalue weighted by atomic mass is 10.2. The Hall–Kier alpha value is -3.39. The number of anilines is 1. The minimum absolute atomic E-state index is 0.291. The molecule has 0 aliphatic carbocycles. The normalized spacial score (nSPS) is 11.4. The van der Waals surface area contributed by atoms with Crippen molar-refractivity contribution in [1.29, 1.82) is 0 Å². The lowest BCUT2D eigenvalue weighted by molar-refractivity contribution is 0.102. The van der Waals surface area contributed by atoms with Crippen LogP contribution in [0.4, 0.5) is 5.69 Å². The van der Waals surface area contributed by atoms with Gasteiger partial charge in [0.1, 0.15) is 11.5 Å². The number of furan rings is 1. The zero-order valence-corrected chi connectivity index (χ0v) is 16.8. The van der Waals surface area contributed by atoms with E-state index in [1.54, 1.807) is 24.5 Å². The second-order valence-corrected chi connectivity index (χ2v) is 7.27. The van der Waals surface area contributed by atoms with Crippen LogP contribution in [0.25, 0.3) is 22.5 Å². The molecule has 0 fully saturated rings. The first-order valence-corrected chi connectivity index (χ1v) is 9.53. The Labute approximate surface area is 168 Å². The second-order valence-electron chi connectivity index (χ2n) is 7.27. The van der Waals surface area contributed by atoms with E-state index < -0.39 is 0 Å². The van der Waals surface area contributed by atoms with Crippen LogP contribution in [-0.4, -0.2) is 51.2 Å². The minimum atomic E-state index is -0.291. The molecule has 0 spiro atoms. The molecule has 4 aromatic rings. The maximum absolute atomic E-state index is 12.6. The van der Waals surface area contributed by atoms with E-state index in [1.165, 1.54) is 0 Å². The fourth-order valence-corrected chi connectivity index (χ4v) is 3.35. The molecule has 29 heavy (non-hydrogen) atoms. The van der Waals surface area contributed by atoms with Crippen LogP contribution in [-0.2, 0) is 6.54 Å². The van der Waals surface area contributed by atoms with Gasteiger partial charge in [-0.1, -0.05) is 0 Å². The predicted molar refractivity (Wildman–Crippen MR) is 112 cm³/mol. The zero-order chi connectivity index (χ0) is 20.4. The van der Waals surface area contributed by atoms with Gasteiger partial charge in [-0.25, -0.2) is 4.98 Å². The van der Waals surface area contributed by atoms with Crippen LogP contribution in [0, 0.1) is 6.92 Å². The number of aromatic nitrogens is 4. The molecule has 0 radical (unpaired) electrons. The van der Waals surface area contributed by atoms with Crippen molar-refractivity contribution in [1.82, 2.24) is 24.6 Å². The van der Waals surface area contributed by atoms with Crippen LogP contribution in [0.5, 0.6) is 0 Å². The molecule has 150 valence electrons. The summed E-state index contributed by atoms with van der Waals surface area (Å²) in [5, 5.41) is 9.78. The van der Waals surface area contributed by atoms with Crippen molar-refractivity contribution in [3.8, 4) is 11.5 Å². The van der Waals surface area contributed by atoms with E-state index in [1.807, 2.05) is 25.1 Å². The molecular weight excluding hydrogens is 368 g/mol. The van der Waals surface area contributed by atoms with Crippen LogP contribution < -0.4 is 5.32 Å². The van der Waals surface area contributed by atoms with Gasteiger partial charge in [-0.2, -0.15) is 5.10 Å². The third-order valence-corrected chi connectivity index (χ3v) is 4.78. The lowest BCUT2D eigenvalue weighted by Crippen LogP contribution is -2.15. The highest BCUT2D eigenvalue weighted by Crippen LogP contribution is 2.22. The average Bonchev–Trinajstić information content (AvgIpc) is 3.41. The molecule has 1 amide bonds. The Kier molecular flexibility index (Phi) is 5.18. The Morgan fingerprint density at radius 1 is 1.28 bits per heavy atom. The number of hydrogen-bond acceptors (Lipinski definition) is 5. The number of aromatic amines is 1. The van der Waals surface area contributed by atoms with Gasteiger partial charge >= 0.3 is 0 Å². The van der Waals surface area contributed by atoms with Crippen LogP contribution >= 0.6 is 0 Å². The van der Waals surface area contributed by atoms with Crippen molar-refractivity contribution in [2.75, 3.05) is 26.0 Å². The summed E-state index contributed by atoms with van der Waals surface area (Å²) in [6, 6.07) is 11.0. The average molecular weight is 392 g/mol. The molecule has 1 aromatic carbocycles. The molecule has 0 saturated carbocycles. The van der Waals surface area contributed by atoms with E-state index in [0.29, 0.717) is 22.8 Å². The molecule has 8 nitrogen and oxygen atoms in total. The first-order chi connectivity index (χ1) is 14.0. The number of carbonyl (C=O) groups excluding carboxylic acids is 1.